The molecule has 0 unspecified atom stereocenters. The van der Waals surface area contributed by atoms with Gasteiger partial charge in [-0.25, -0.2) is 0 Å². The number of carbonyl (C=O) groups is 3. The monoisotopic (exact) mass is 566 g/mol. The molecule has 2 aromatic rings. The number of benzene rings is 2. The van der Waals surface area contributed by atoms with Crippen LogP contribution in [0, 0.1) is 5.92 Å². The zero-order chi connectivity index (χ0) is 29.4. The summed E-state index contributed by atoms with van der Waals surface area (Å²) in [5.74, 6) is 1.33. The Morgan fingerprint density at radius 3 is 2.46 bits per heavy atom. The number of hydrogen-bond donors (Lipinski definition) is 3. The number of nitrogens with zero attached hydrogens (tertiary/aromatic N) is 1. The van der Waals surface area contributed by atoms with E-state index in [0.717, 1.165) is 36.1 Å². The van der Waals surface area contributed by atoms with E-state index in [0.29, 0.717) is 37.6 Å². The summed E-state index contributed by atoms with van der Waals surface area (Å²) in [6.45, 7) is 3.05. The summed E-state index contributed by atoms with van der Waals surface area (Å²) in [4.78, 5) is 41.7. The maximum atomic E-state index is 13.5. The first kappa shape index (κ1) is 30.2. The second-order valence-electron chi connectivity index (χ2n) is 10.7. The number of likely N-dealkylation sites (N-methyl/N-ethyl adjacent to an activating group) is 1. The topological polar surface area (TPSA) is 118 Å². The zero-order valence-corrected chi connectivity index (χ0v) is 24.4. The highest BCUT2D eigenvalue weighted by molar-refractivity contribution is 5.93. The fourth-order valence-electron chi connectivity index (χ4n) is 5.06. The van der Waals surface area contributed by atoms with Crippen molar-refractivity contribution in [2.24, 2.45) is 5.92 Å². The Bertz CT molecular complexity index is 1220. The van der Waals surface area contributed by atoms with E-state index in [4.69, 9.17) is 14.2 Å². The first-order chi connectivity index (χ1) is 19.8. The molecule has 3 amide bonds. The number of fused-ring (bicyclic) bond motifs is 1. The van der Waals surface area contributed by atoms with Gasteiger partial charge >= 0.3 is 0 Å². The zero-order valence-electron chi connectivity index (χ0n) is 24.4. The van der Waals surface area contributed by atoms with E-state index >= 15 is 0 Å². The molecular formula is C31H42N4O6. The van der Waals surface area contributed by atoms with E-state index in [-0.39, 0.29) is 30.2 Å². The molecule has 1 aliphatic carbocycles. The predicted octanol–water partition coefficient (Wildman–Crippen LogP) is 2.09. The molecule has 222 valence electrons. The number of hydrogen-bond acceptors (Lipinski definition) is 7. The van der Waals surface area contributed by atoms with Crippen LogP contribution in [-0.4, -0.2) is 81.7 Å². The molecule has 10 nitrogen and oxygen atoms in total. The quantitative estimate of drug-likeness (QED) is 0.507. The van der Waals surface area contributed by atoms with Crippen molar-refractivity contribution < 1.29 is 28.6 Å². The largest absolute Gasteiger partial charge is 0.493 e. The number of para-hydroxylation sites is 1. The normalized spacial score (nSPS) is 23.3. The predicted molar refractivity (Wildman–Crippen MR) is 155 cm³/mol. The van der Waals surface area contributed by atoms with Gasteiger partial charge in [0, 0.05) is 26.6 Å². The maximum Gasteiger partial charge on any atom is 0.243 e. The van der Waals surface area contributed by atoms with Gasteiger partial charge in [-0.05, 0) is 67.9 Å². The minimum atomic E-state index is -0.849. The number of carbonyl (C=O) groups excluding carboxylic acids is 3. The Kier molecular flexibility index (Phi) is 10.5. The second-order valence-corrected chi connectivity index (χ2v) is 10.7. The molecule has 0 spiro atoms. The molecule has 2 aliphatic rings. The molecule has 10 heteroatoms. The fraction of sp³-hybridized carbons (Fsp3) is 0.516. The summed E-state index contributed by atoms with van der Waals surface area (Å²) in [5, 5.41) is 9.25. The highest BCUT2D eigenvalue weighted by atomic mass is 16.5. The van der Waals surface area contributed by atoms with Crippen LogP contribution in [0.2, 0.25) is 0 Å². The Labute approximate surface area is 242 Å². The Balaban J connectivity index is 1.56. The molecule has 1 saturated carbocycles. The number of methoxy groups -OCH3 is 2. The summed E-state index contributed by atoms with van der Waals surface area (Å²) < 4.78 is 16.8. The van der Waals surface area contributed by atoms with E-state index in [1.807, 2.05) is 30.3 Å². The van der Waals surface area contributed by atoms with Gasteiger partial charge in [0.05, 0.1) is 20.3 Å². The summed E-state index contributed by atoms with van der Waals surface area (Å²) in [6, 6.07) is 11.3. The number of rotatable bonds is 5. The molecule has 2 aromatic carbocycles. The molecule has 0 radical (unpaired) electrons. The van der Waals surface area contributed by atoms with Crippen LogP contribution in [0.25, 0.3) is 0 Å². The molecule has 0 bridgehead atoms. The third-order valence-electron chi connectivity index (χ3n) is 7.81. The minimum absolute atomic E-state index is 0.141. The van der Waals surface area contributed by atoms with E-state index in [2.05, 4.69) is 16.0 Å². The molecule has 3 N–H and O–H groups in total. The standard InChI is InChI=1S/C31H42N4O6/c1-20-29(36)34-24(18-21-11-14-26(39-3)27(19-21)40-4)30(37)33-15-7-9-22-8-5-6-10-25(22)41-17-16-32-28(23-12-13-23)31(38)35(20)2/h5-6,8,10-11,14,19-20,23-24,28,32H,7,9,12-13,15-18H2,1-4H3,(H,33,37)(H,34,36)/t20-,24-,28+/m1/s1. The van der Waals surface area contributed by atoms with Crippen LogP contribution >= 0.6 is 0 Å². The molecular weight excluding hydrogens is 524 g/mol. The number of amides is 3. The van der Waals surface area contributed by atoms with Crippen LogP contribution in [0.15, 0.2) is 42.5 Å². The van der Waals surface area contributed by atoms with E-state index < -0.39 is 18.0 Å². The highest BCUT2D eigenvalue weighted by Gasteiger charge is 2.39. The smallest absolute Gasteiger partial charge is 0.243 e. The van der Waals surface area contributed by atoms with Gasteiger partial charge in [0.1, 0.15) is 24.4 Å². The third-order valence-corrected chi connectivity index (χ3v) is 7.81. The van der Waals surface area contributed by atoms with Crippen molar-refractivity contribution in [3.05, 3.63) is 53.6 Å². The summed E-state index contributed by atoms with van der Waals surface area (Å²) in [5.41, 5.74) is 1.85. The molecule has 1 heterocycles. The number of aryl methyl sites for hydroxylation is 1. The van der Waals surface area contributed by atoms with Crippen molar-refractivity contribution in [2.45, 2.75) is 57.2 Å². The van der Waals surface area contributed by atoms with E-state index in [1.54, 1.807) is 40.3 Å². The van der Waals surface area contributed by atoms with Crippen LogP contribution < -0.4 is 30.2 Å². The van der Waals surface area contributed by atoms with Crippen molar-refractivity contribution in [2.75, 3.05) is 41.0 Å². The summed E-state index contributed by atoms with van der Waals surface area (Å²) in [6.07, 6.45) is 3.61. The van der Waals surface area contributed by atoms with Gasteiger partial charge in [0.25, 0.3) is 0 Å². The molecule has 1 aliphatic heterocycles. The van der Waals surface area contributed by atoms with Crippen LogP contribution in [-0.2, 0) is 27.2 Å². The lowest BCUT2D eigenvalue weighted by atomic mass is 10.0. The van der Waals surface area contributed by atoms with Gasteiger partial charge in [-0.3, -0.25) is 14.4 Å². The Morgan fingerprint density at radius 2 is 1.73 bits per heavy atom. The second kappa shape index (κ2) is 14.2. The van der Waals surface area contributed by atoms with Gasteiger partial charge in [0.15, 0.2) is 11.5 Å². The average molecular weight is 567 g/mol. The van der Waals surface area contributed by atoms with Gasteiger partial charge < -0.3 is 35.1 Å². The summed E-state index contributed by atoms with van der Waals surface area (Å²) >= 11 is 0. The van der Waals surface area contributed by atoms with E-state index in [9.17, 15) is 14.4 Å². The molecule has 0 saturated heterocycles. The Morgan fingerprint density at radius 1 is 0.976 bits per heavy atom. The maximum absolute atomic E-state index is 13.5. The van der Waals surface area contributed by atoms with Crippen molar-refractivity contribution in [1.29, 1.82) is 0 Å². The van der Waals surface area contributed by atoms with Crippen molar-refractivity contribution in [3.63, 3.8) is 0 Å². The lowest BCUT2D eigenvalue weighted by Crippen LogP contribution is -2.56. The fourth-order valence-corrected chi connectivity index (χ4v) is 5.06. The van der Waals surface area contributed by atoms with E-state index in [1.165, 1.54) is 4.90 Å². The first-order valence-corrected chi connectivity index (χ1v) is 14.3. The van der Waals surface area contributed by atoms with Crippen LogP contribution in [0.1, 0.15) is 37.3 Å². The number of nitrogens with one attached hydrogen (secondary N) is 3. The first-order valence-electron chi connectivity index (χ1n) is 14.3. The molecule has 1 fully saturated rings. The highest BCUT2D eigenvalue weighted by Crippen LogP contribution is 2.33. The third kappa shape index (κ3) is 7.91. The van der Waals surface area contributed by atoms with Gasteiger partial charge in [0.2, 0.25) is 17.7 Å². The lowest BCUT2D eigenvalue weighted by Gasteiger charge is -2.30. The molecule has 41 heavy (non-hydrogen) atoms. The van der Waals surface area contributed by atoms with Crippen LogP contribution in [0.3, 0.4) is 0 Å². The van der Waals surface area contributed by atoms with Gasteiger partial charge in [-0.2, -0.15) is 0 Å². The lowest BCUT2D eigenvalue weighted by molar-refractivity contribution is -0.141. The summed E-state index contributed by atoms with van der Waals surface area (Å²) in [7, 11) is 4.75. The minimum Gasteiger partial charge on any atom is -0.493 e. The molecule has 4 rings (SSSR count). The van der Waals surface area contributed by atoms with Gasteiger partial charge in [-0.15, -0.1) is 0 Å². The van der Waals surface area contributed by atoms with Crippen molar-refractivity contribution in [3.8, 4) is 17.2 Å². The van der Waals surface area contributed by atoms with Gasteiger partial charge in [-0.1, -0.05) is 24.3 Å². The van der Waals surface area contributed by atoms with Crippen molar-refractivity contribution in [1.82, 2.24) is 20.9 Å². The van der Waals surface area contributed by atoms with Crippen LogP contribution in [0.4, 0.5) is 0 Å². The average Bonchev–Trinajstić information content (AvgIpc) is 3.83. The Hall–Kier alpha value is -3.79. The van der Waals surface area contributed by atoms with Crippen LogP contribution in [0.5, 0.6) is 17.2 Å². The molecule has 0 aromatic heterocycles. The number of ether oxygens (including phenoxy) is 3. The SMILES string of the molecule is COc1ccc(C[C@H]2NC(=O)[C@@H](C)N(C)C(=O)[C@H](C3CC3)NCCOc3ccccc3CCCNC2=O)cc1OC. The van der Waals surface area contributed by atoms with Crippen molar-refractivity contribution >= 4 is 17.7 Å². The molecule has 3 atom stereocenters.